The number of likely N-dealkylation sites (N-methyl/N-ethyl adjacent to an activating group) is 2. The molecule has 2 amide bonds. The number of amides is 2. The molecule has 0 aromatic carbocycles. The van der Waals surface area contributed by atoms with Crippen LogP contribution in [0.25, 0.3) is 0 Å². The summed E-state index contributed by atoms with van der Waals surface area (Å²) in [5.41, 5.74) is 0.862. The number of carbonyl (C=O) groups excluding carboxylic acids is 3. The highest BCUT2D eigenvalue weighted by Crippen LogP contribution is 1.98. The number of nitrogens with zero attached hydrogens (tertiary/aromatic N) is 2. The van der Waals surface area contributed by atoms with Crippen LogP contribution in [0.2, 0.25) is 0 Å². The fraction of sp³-hybridized carbons (Fsp3) is 0.467. The van der Waals surface area contributed by atoms with Gasteiger partial charge in [-0.25, -0.2) is 4.79 Å². The number of aromatic nitrogens is 1. The summed E-state index contributed by atoms with van der Waals surface area (Å²) in [6, 6.07) is 5.55. The van der Waals surface area contributed by atoms with E-state index < -0.39 is 18.9 Å². The molecule has 9 nitrogen and oxygen atoms in total. The Kier molecular flexibility index (Phi) is 8.84. The second-order valence-corrected chi connectivity index (χ2v) is 4.84. The highest BCUT2D eigenvalue weighted by atomic mass is 16.7. The summed E-state index contributed by atoms with van der Waals surface area (Å²) < 4.78 is 9.51. The molecule has 0 saturated heterocycles. The average Bonchev–Trinajstić information content (AvgIpc) is 2.59. The molecule has 1 rings (SSSR count). The predicted octanol–water partition coefficient (Wildman–Crippen LogP) is -0.471. The molecule has 0 aliphatic carbocycles. The zero-order chi connectivity index (χ0) is 17.8. The van der Waals surface area contributed by atoms with Crippen LogP contribution >= 0.6 is 0 Å². The van der Waals surface area contributed by atoms with Gasteiger partial charge in [-0.15, -0.1) is 0 Å². The zero-order valence-electron chi connectivity index (χ0n) is 13.8. The third-order valence-corrected chi connectivity index (χ3v) is 2.91. The Bertz CT molecular complexity index is 538. The van der Waals surface area contributed by atoms with Gasteiger partial charge in [-0.1, -0.05) is 6.07 Å². The van der Waals surface area contributed by atoms with E-state index in [-0.39, 0.29) is 19.0 Å². The first-order chi connectivity index (χ1) is 11.5. The van der Waals surface area contributed by atoms with E-state index in [2.05, 4.69) is 15.6 Å². The normalized spacial score (nSPS) is 9.92. The molecule has 0 aliphatic rings. The van der Waals surface area contributed by atoms with E-state index in [1.807, 2.05) is 18.2 Å². The van der Waals surface area contributed by atoms with Crippen molar-refractivity contribution in [2.75, 3.05) is 40.5 Å². The van der Waals surface area contributed by atoms with Gasteiger partial charge in [0.25, 0.3) is 0 Å². The predicted molar refractivity (Wildman–Crippen MR) is 84.9 cm³/mol. The largest absolute Gasteiger partial charge is 0.426 e. The van der Waals surface area contributed by atoms with E-state index >= 15 is 0 Å². The van der Waals surface area contributed by atoms with Crippen molar-refractivity contribution in [3.8, 4) is 0 Å². The smallest absolute Gasteiger partial charge is 0.412 e. The van der Waals surface area contributed by atoms with Crippen LogP contribution in [0.15, 0.2) is 24.4 Å². The maximum Gasteiger partial charge on any atom is 0.412 e. The lowest BCUT2D eigenvalue weighted by Crippen LogP contribution is -2.36. The molecule has 0 spiro atoms. The number of ether oxygens (including phenoxy) is 2. The highest BCUT2D eigenvalue weighted by molar-refractivity contribution is 5.83. The van der Waals surface area contributed by atoms with Crippen molar-refractivity contribution in [1.29, 1.82) is 0 Å². The van der Waals surface area contributed by atoms with Crippen molar-refractivity contribution in [1.82, 2.24) is 20.5 Å². The molecule has 0 bridgehead atoms. The molecule has 1 aromatic rings. The van der Waals surface area contributed by atoms with E-state index in [4.69, 9.17) is 9.47 Å². The molecule has 0 aliphatic heterocycles. The van der Waals surface area contributed by atoms with Crippen LogP contribution in [0.5, 0.6) is 0 Å². The van der Waals surface area contributed by atoms with Crippen LogP contribution in [0.3, 0.4) is 0 Å². The Morgan fingerprint density at radius 2 is 2.00 bits per heavy atom. The summed E-state index contributed by atoms with van der Waals surface area (Å²) >= 11 is 0. The summed E-state index contributed by atoms with van der Waals surface area (Å²) in [5.74, 6) is -1.02. The molecule has 0 atom stereocenters. The molecule has 24 heavy (non-hydrogen) atoms. The third-order valence-electron chi connectivity index (χ3n) is 2.91. The number of pyridine rings is 1. The van der Waals surface area contributed by atoms with Crippen molar-refractivity contribution in [2.24, 2.45) is 0 Å². The quantitative estimate of drug-likeness (QED) is 0.462. The Balaban J connectivity index is 2.16. The van der Waals surface area contributed by atoms with E-state index in [0.717, 1.165) is 5.69 Å². The Morgan fingerprint density at radius 1 is 1.21 bits per heavy atom. The van der Waals surface area contributed by atoms with Gasteiger partial charge in [-0.3, -0.25) is 14.6 Å². The van der Waals surface area contributed by atoms with Gasteiger partial charge < -0.3 is 25.0 Å². The summed E-state index contributed by atoms with van der Waals surface area (Å²) in [6.45, 7) is -0.270. The summed E-state index contributed by atoms with van der Waals surface area (Å²) in [6.07, 6.45) is 1.66. The third kappa shape index (κ3) is 8.08. The van der Waals surface area contributed by atoms with Crippen molar-refractivity contribution >= 4 is 18.0 Å². The highest BCUT2D eigenvalue weighted by Gasteiger charge is 2.12. The van der Waals surface area contributed by atoms with Crippen molar-refractivity contribution < 1.29 is 23.9 Å². The average molecular weight is 338 g/mol. The lowest BCUT2D eigenvalue weighted by molar-refractivity contribution is -0.152. The van der Waals surface area contributed by atoms with Crippen LogP contribution in [0.1, 0.15) is 5.69 Å². The molecule has 1 heterocycles. The maximum absolute atomic E-state index is 11.7. The van der Waals surface area contributed by atoms with Crippen LogP contribution in [0, 0.1) is 0 Å². The monoisotopic (exact) mass is 338 g/mol. The van der Waals surface area contributed by atoms with Gasteiger partial charge in [0.2, 0.25) is 12.7 Å². The van der Waals surface area contributed by atoms with Crippen molar-refractivity contribution in [3.63, 3.8) is 0 Å². The maximum atomic E-state index is 11.7. The molecule has 132 valence electrons. The molecule has 0 saturated carbocycles. The minimum absolute atomic E-state index is 0.101. The van der Waals surface area contributed by atoms with Gasteiger partial charge in [-0.05, 0) is 19.2 Å². The molecule has 2 N–H and O–H groups in total. The summed E-state index contributed by atoms with van der Waals surface area (Å²) in [7, 11) is 3.19. The fourth-order valence-corrected chi connectivity index (χ4v) is 1.62. The number of esters is 1. The van der Waals surface area contributed by atoms with E-state index in [1.165, 1.54) is 4.90 Å². The second kappa shape index (κ2) is 10.9. The summed E-state index contributed by atoms with van der Waals surface area (Å²) in [5, 5.41) is 4.99. The lowest BCUT2D eigenvalue weighted by Gasteiger charge is -2.16. The van der Waals surface area contributed by atoms with Crippen molar-refractivity contribution in [2.45, 2.75) is 6.42 Å². The van der Waals surface area contributed by atoms with E-state index in [1.54, 1.807) is 20.3 Å². The van der Waals surface area contributed by atoms with Crippen LogP contribution in [0.4, 0.5) is 4.79 Å². The van der Waals surface area contributed by atoms with Gasteiger partial charge in [0.1, 0.15) is 6.54 Å². The Hall–Kier alpha value is -2.68. The van der Waals surface area contributed by atoms with Gasteiger partial charge in [0.05, 0.1) is 6.54 Å². The van der Waals surface area contributed by atoms with Gasteiger partial charge in [-0.2, -0.15) is 0 Å². The van der Waals surface area contributed by atoms with Crippen LogP contribution in [-0.4, -0.2) is 68.4 Å². The SMILES string of the molecule is CNCC(=O)NCC(=O)OCOC(=O)N(C)CCc1ccccn1. The van der Waals surface area contributed by atoms with Crippen molar-refractivity contribution in [3.05, 3.63) is 30.1 Å². The van der Waals surface area contributed by atoms with E-state index in [9.17, 15) is 14.4 Å². The first-order valence-corrected chi connectivity index (χ1v) is 7.37. The molecule has 1 aromatic heterocycles. The second-order valence-electron chi connectivity index (χ2n) is 4.84. The molecular formula is C15H22N4O5. The Labute approximate surface area is 140 Å². The first kappa shape index (κ1) is 19.4. The number of hydrogen-bond donors (Lipinski definition) is 2. The first-order valence-electron chi connectivity index (χ1n) is 7.37. The minimum Gasteiger partial charge on any atom is -0.426 e. The molecule has 9 heteroatoms. The fourth-order valence-electron chi connectivity index (χ4n) is 1.62. The van der Waals surface area contributed by atoms with Gasteiger partial charge in [0, 0.05) is 31.9 Å². The summed E-state index contributed by atoms with van der Waals surface area (Å²) in [4.78, 5) is 39.7. The van der Waals surface area contributed by atoms with E-state index in [0.29, 0.717) is 13.0 Å². The standard InChI is InChI=1S/C15H22N4O5/c1-16-9-13(20)18-10-14(21)23-11-24-15(22)19(2)8-6-12-5-3-4-7-17-12/h3-5,7,16H,6,8-11H2,1-2H3,(H,18,20). The number of carbonyl (C=O) groups is 3. The van der Waals surface area contributed by atoms with Crippen LogP contribution in [-0.2, 0) is 25.5 Å². The van der Waals surface area contributed by atoms with Crippen LogP contribution < -0.4 is 10.6 Å². The Morgan fingerprint density at radius 3 is 2.67 bits per heavy atom. The molecular weight excluding hydrogens is 316 g/mol. The number of rotatable bonds is 9. The molecule has 0 fully saturated rings. The van der Waals surface area contributed by atoms with Gasteiger partial charge in [0.15, 0.2) is 0 Å². The minimum atomic E-state index is -0.691. The number of nitrogens with one attached hydrogen (secondary N) is 2. The zero-order valence-corrected chi connectivity index (χ0v) is 13.8. The molecule has 0 radical (unpaired) electrons. The molecule has 0 unspecified atom stereocenters. The van der Waals surface area contributed by atoms with Gasteiger partial charge >= 0.3 is 12.1 Å². The lowest BCUT2D eigenvalue weighted by atomic mass is 10.2. The number of hydrogen-bond acceptors (Lipinski definition) is 7. The topological polar surface area (TPSA) is 110 Å².